The van der Waals surface area contributed by atoms with Crippen LogP contribution in [0.3, 0.4) is 0 Å². The van der Waals surface area contributed by atoms with Gasteiger partial charge >= 0.3 is 0 Å². The van der Waals surface area contributed by atoms with Crippen LogP contribution in [0.5, 0.6) is 0 Å². The number of nitrogens with zero attached hydrogens (tertiary/aromatic N) is 3. The number of rotatable bonds is 6. The predicted molar refractivity (Wildman–Crippen MR) is 242 cm³/mol. The minimum absolute atomic E-state index is 0.684. The summed E-state index contributed by atoms with van der Waals surface area (Å²) in [6.07, 6.45) is 1.95. The molecular formula is C55H35N3. The Morgan fingerprint density at radius 2 is 0.793 bits per heavy atom. The average Bonchev–Trinajstić information content (AvgIpc) is 3.31. The largest absolute Gasteiger partial charge is 0.256 e. The molecule has 2 heterocycles. The molecule has 0 aliphatic rings. The van der Waals surface area contributed by atoms with Gasteiger partial charge in [0, 0.05) is 33.8 Å². The molecule has 0 radical (unpaired) electrons. The Morgan fingerprint density at radius 1 is 0.276 bits per heavy atom. The van der Waals surface area contributed by atoms with E-state index in [1.54, 1.807) is 0 Å². The molecule has 270 valence electrons. The molecule has 0 amide bonds. The lowest BCUT2D eigenvalue weighted by atomic mass is 9.93. The standard InChI is InChI=1S/C55H35N3/c1-4-14-46-37(10-1)13-9-18-47(46)38-22-28-41(29-23-38)54-34-53(40-26-20-36(21-27-40)45-32-44-12-3-8-19-52(44)56-35-45)57-55(58-54)42-30-24-39(25-31-42)51-33-43-11-2-5-15-48(43)49-16-6-7-17-50(49)51/h1-35H. The van der Waals surface area contributed by atoms with Gasteiger partial charge < -0.3 is 0 Å². The molecule has 58 heavy (non-hydrogen) atoms. The predicted octanol–water partition coefficient (Wildman–Crippen LogP) is 14.5. The molecule has 0 aliphatic carbocycles. The van der Waals surface area contributed by atoms with Gasteiger partial charge in [-0.2, -0.15) is 0 Å². The Morgan fingerprint density at radius 3 is 1.52 bits per heavy atom. The van der Waals surface area contributed by atoms with E-state index in [0.717, 1.165) is 55.7 Å². The SMILES string of the molecule is c1ccc2ncc(-c3ccc(-c4cc(-c5ccc(-c6cccc7ccccc67)cc5)nc(-c5ccc(-c6cc7ccccc7c7ccccc67)cc5)n4)cc3)cc2c1. The highest BCUT2D eigenvalue weighted by molar-refractivity contribution is 6.13. The van der Waals surface area contributed by atoms with Gasteiger partial charge in [-0.25, -0.2) is 9.97 Å². The van der Waals surface area contributed by atoms with Gasteiger partial charge in [0.2, 0.25) is 0 Å². The van der Waals surface area contributed by atoms with Crippen LogP contribution < -0.4 is 0 Å². The van der Waals surface area contributed by atoms with Gasteiger partial charge in [0.1, 0.15) is 0 Å². The highest BCUT2D eigenvalue weighted by Crippen LogP contribution is 2.37. The van der Waals surface area contributed by atoms with Crippen molar-refractivity contribution in [3.05, 3.63) is 212 Å². The second-order valence-electron chi connectivity index (χ2n) is 14.8. The maximum atomic E-state index is 5.22. The highest BCUT2D eigenvalue weighted by Gasteiger charge is 2.14. The first-order valence-corrected chi connectivity index (χ1v) is 19.7. The number of pyridine rings is 1. The van der Waals surface area contributed by atoms with E-state index in [0.29, 0.717) is 5.82 Å². The van der Waals surface area contributed by atoms with Crippen LogP contribution in [-0.4, -0.2) is 15.0 Å². The van der Waals surface area contributed by atoms with Crippen molar-refractivity contribution in [2.24, 2.45) is 0 Å². The summed E-state index contributed by atoms with van der Waals surface area (Å²) < 4.78 is 0. The minimum atomic E-state index is 0.684. The fourth-order valence-corrected chi connectivity index (χ4v) is 8.32. The van der Waals surface area contributed by atoms with E-state index in [1.807, 2.05) is 18.3 Å². The van der Waals surface area contributed by atoms with Gasteiger partial charge in [0.15, 0.2) is 5.82 Å². The van der Waals surface area contributed by atoms with E-state index < -0.39 is 0 Å². The molecule has 9 aromatic carbocycles. The first-order valence-electron chi connectivity index (χ1n) is 19.7. The first kappa shape index (κ1) is 33.6. The Balaban J connectivity index is 0.996. The quantitative estimate of drug-likeness (QED) is 0.160. The molecule has 11 aromatic rings. The zero-order chi connectivity index (χ0) is 38.4. The number of hydrogen-bond donors (Lipinski definition) is 0. The minimum Gasteiger partial charge on any atom is -0.256 e. The molecule has 0 unspecified atom stereocenters. The second-order valence-corrected chi connectivity index (χ2v) is 14.8. The third kappa shape index (κ3) is 6.07. The molecule has 3 nitrogen and oxygen atoms in total. The molecule has 2 aromatic heterocycles. The van der Waals surface area contributed by atoms with Crippen molar-refractivity contribution in [2.75, 3.05) is 0 Å². The van der Waals surface area contributed by atoms with Crippen LogP contribution in [0.1, 0.15) is 0 Å². The van der Waals surface area contributed by atoms with E-state index in [1.165, 1.54) is 49.0 Å². The normalized spacial score (nSPS) is 11.4. The third-order valence-corrected chi connectivity index (χ3v) is 11.3. The first-order chi connectivity index (χ1) is 28.7. The maximum Gasteiger partial charge on any atom is 0.160 e. The number of fused-ring (bicyclic) bond motifs is 5. The smallest absolute Gasteiger partial charge is 0.160 e. The van der Waals surface area contributed by atoms with E-state index in [-0.39, 0.29) is 0 Å². The van der Waals surface area contributed by atoms with Crippen molar-refractivity contribution in [3.8, 4) is 67.3 Å². The van der Waals surface area contributed by atoms with Crippen molar-refractivity contribution >= 4 is 43.2 Å². The second kappa shape index (κ2) is 14.1. The molecule has 0 saturated carbocycles. The zero-order valence-corrected chi connectivity index (χ0v) is 31.5. The average molecular weight is 738 g/mol. The number of aromatic nitrogens is 3. The number of hydrogen-bond acceptors (Lipinski definition) is 3. The lowest BCUT2D eigenvalue weighted by molar-refractivity contribution is 1.18. The Labute approximate surface area is 336 Å². The third-order valence-electron chi connectivity index (χ3n) is 11.3. The molecule has 0 atom stereocenters. The van der Waals surface area contributed by atoms with Crippen LogP contribution in [-0.2, 0) is 0 Å². The van der Waals surface area contributed by atoms with E-state index >= 15 is 0 Å². The molecule has 11 rings (SSSR count). The van der Waals surface area contributed by atoms with Gasteiger partial charge in [0.05, 0.1) is 16.9 Å². The summed E-state index contributed by atoms with van der Waals surface area (Å²) in [4.78, 5) is 15.1. The lowest BCUT2D eigenvalue weighted by Gasteiger charge is -2.13. The van der Waals surface area contributed by atoms with Crippen LogP contribution in [0.25, 0.3) is 111 Å². The summed E-state index contributed by atoms with van der Waals surface area (Å²) in [5.74, 6) is 0.684. The topological polar surface area (TPSA) is 38.7 Å². The lowest BCUT2D eigenvalue weighted by Crippen LogP contribution is -1.96. The van der Waals surface area contributed by atoms with Crippen molar-refractivity contribution < 1.29 is 0 Å². The van der Waals surface area contributed by atoms with E-state index in [4.69, 9.17) is 15.0 Å². The Bertz CT molecular complexity index is 3310. The maximum absolute atomic E-state index is 5.22. The van der Waals surface area contributed by atoms with Crippen LogP contribution in [0, 0.1) is 0 Å². The summed E-state index contributed by atoms with van der Waals surface area (Å²) in [7, 11) is 0. The summed E-state index contributed by atoms with van der Waals surface area (Å²) in [6, 6.07) is 73.3. The summed E-state index contributed by atoms with van der Waals surface area (Å²) in [6.45, 7) is 0. The molecule has 3 heteroatoms. The summed E-state index contributed by atoms with van der Waals surface area (Å²) in [5, 5.41) is 8.60. The molecule has 0 N–H and O–H groups in total. The van der Waals surface area contributed by atoms with Crippen LogP contribution in [0.15, 0.2) is 212 Å². The van der Waals surface area contributed by atoms with Crippen LogP contribution in [0.2, 0.25) is 0 Å². The monoisotopic (exact) mass is 737 g/mol. The van der Waals surface area contributed by atoms with Gasteiger partial charge in [-0.15, -0.1) is 0 Å². The molecule has 0 saturated heterocycles. The van der Waals surface area contributed by atoms with Crippen molar-refractivity contribution in [3.63, 3.8) is 0 Å². The fourth-order valence-electron chi connectivity index (χ4n) is 8.32. The van der Waals surface area contributed by atoms with Crippen molar-refractivity contribution in [2.45, 2.75) is 0 Å². The Kier molecular flexibility index (Phi) is 8.15. The van der Waals surface area contributed by atoms with Crippen molar-refractivity contribution in [1.29, 1.82) is 0 Å². The molecular weight excluding hydrogens is 703 g/mol. The van der Waals surface area contributed by atoms with Gasteiger partial charge in [-0.05, 0) is 84.4 Å². The zero-order valence-electron chi connectivity index (χ0n) is 31.5. The molecule has 0 fully saturated rings. The van der Waals surface area contributed by atoms with Gasteiger partial charge in [-0.3, -0.25) is 4.98 Å². The molecule has 0 bridgehead atoms. The fraction of sp³-hybridized carbons (Fsp3) is 0. The van der Waals surface area contributed by atoms with E-state index in [9.17, 15) is 0 Å². The number of para-hydroxylation sites is 1. The molecule has 0 spiro atoms. The van der Waals surface area contributed by atoms with Crippen LogP contribution >= 0.6 is 0 Å². The van der Waals surface area contributed by atoms with Crippen LogP contribution in [0.4, 0.5) is 0 Å². The van der Waals surface area contributed by atoms with Gasteiger partial charge in [-0.1, -0.05) is 182 Å². The number of benzene rings is 9. The van der Waals surface area contributed by atoms with Crippen molar-refractivity contribution in [1.82, 2.24) is 15.0 Å². The summed E-state index contributed by atoms with van der Waals surface area (Å²) >= 11 is 0. The highest BCUT2D eigenvalue weighted by atomic mass is 14.9. The molecule has 0 aliphatic heterocycles. The summed E-state index contributed by atoms with van der Waals surface area (Å²) in [5.41, 5.74) is 12.7. The van der Waals surface area contributed by atoms with Gasteiger partial charge in [0.25, 0.3) is 0 Å². The van der Waals surface area contributed by atoms with E-state index in [2.05, 4.69) is 194 Å². The Hall–Kier alpha value is -7.75.